The fourth-order valence-corrected chi connectivity index (χ4v) is 6.09. The Morgan fingerprint density at radius 2 is 0.944 bits per heavy atom. The maximum Gasteiger partial charge on any atom is 0.308 e. The molecule has 2 N–H and O–H groups in total. The molecule has 0 aromatic heterocycles. The number of carboxylic acid groups (broad SMARTS) is 2. The Bertz CT molecular complexity index is 1270. The first kappa shape index (κ1) is 23.6. The quantitative estimate of drug-likeness (QED) is 0.339. The smallest absolute Gasteiger partial charge is 0.308 e. The summed E-state index contributed by atoms with van der Waals surface area (Å²) in [5.74, 6) is -3.98. The second-order valence-corrected chi connectivity index (χ2v) is 9.52. The second kappa shape index (κ2) is 9.82. The molecular formula is C32H28O4. The van der Waals surface area contributed by atoms with E-state index in [1.807, 2.05) is 109 Å². The maximum absolute atomic E-state index is 13.2. The molecule has 1 aliphatic rings. The average Bonchev–Trinajstić information content (AvgIpc) is 2.90. The molecule has 4 heteroatoms. The van der Waals surface area contributed by atoms with Gasteiger partial charge in [0.15, 0.2) is 0 Å². The summed E-state index contributed by atoms with van der Waals surface area (Å²) in [5, 5.41) is 21.6. The predicted molar refractivity (Wildman–Crippen MR) is 139 cm³/mol. The van der Waals surface area contributed by atoms with Crippen molar-refractivity contribution in [2.24, 2.45) is 11.8 Å². The van der Waals surface area contributed by atoms with Crippen molar-refractivity contribution in [3.8, 4) is 0 Å². The van der Waals surface area contributed by atoms with Crippen LogP contribution < -0.4 is 0 Å². The summed E-state index contributed by atoms with van der Waals surface area (Å²) in [6.45, 7) is 0. The van der Waals surface area contributed by atoms with E-state index < -0.39 is 29.2 Å². The number of carbonyl (C=O) groups is 2. The fourth-order valence-electron chi connectivity index (χ4n) is 6.09. The summed E-state index contributed by atoms with van der Waals surface area (Å²) in [4.78, 5) is 26.4. The molecule has 0 saturated heterocycles. The van der Waals surface area contributed by atoms with Crippen LogP contribution in [0.5, 0.6) is 0 Å². The highest BCUT2D eigenvalue weighted by Crippen LogP contribution is 2.53. The monoisotopic (exact) mass is 476 g/mol. The van der Waals surface area contributed by atoms with Gasteiger partial charge in [0.1, 0.15) is 0 Å². The summed E-state index contributed by atoms with van der Waals surface area (Å²) in [6, 6.07) is 34.6. The van der Waals surface area contributed by atoms with Gasteiger partial charge in [-0.2, -0.15) is 0 Å². The molecule has 0 bridgehead atoms. The summed E-state index contributed by atoms with van der Waals surface area (Å²) >= 11 is 0. The minimum absolute atomic E-state index is 0.220. The van der Waals surface area contributed by atoms with Crippen LogP contribution in [-0.2, 0) is 34.3 Å². The molecule has 4 aromatic rings. The number of aliphatic carboxylic acids is 2. The van der Waals surface area contributed by atoms with Crippen LogP contribution in [0.25, 0.3) is 0 Å². The zero-order valence-corrected chi connectivity index (χ0v) is 19.9. The predicted octanol–water partition coefficient (Wildman–Crippen LogP) is 5.76. The molecule has 180 valence electrons. The highest BCUT2D eigenvalue weighted by atomic mass is 16.4. The molecule has 0 heterocycles. The lowest BCUT2D eigenvalue weighted by atomic mass is 9.52. The Labute approximate surface area is 210 Å². The third kappa shape index (κ3) is 4.09. The lowest BCUT2D eigenvalue weighted by molar-refractivity contribution is -0.150. The Kier molecular flexibility index (Phi) is 6.43. The molecular weight excluding hydrogens is 448 g/mol. The van der Waals surface area contributed by atoms with E-state index in [2.05, 4.69) is 0 Å². The van der Waals surface area contributed by atoms with Crippen molar-refractivity contribution in [3.63, 3.8) is 0 Å². The Morgan fingerprint density at radius 1 is 0.583 bits per heavy atom. The van der Waals surface area contributed by atoms with E-state index >= 15 is 0 Å². The van der Waals surface area contributed by atoms with Crippen LogP contribution in [0.3, 0.4) is 0 Å². The summed E-state index contributed by atoms with van der Waals surface area (Å²) in [5.41, 5.74) is 4.03. The maximum atomic E-state index is 13.2. The van der Waals surface area contributed by atoms with Crippen molar-refractivity contribution >= 4 is 11.9 Å². The molecule has 0 saturated carbocycles. The third-order valence-corrected chi connectivity index (χ3v) is 7.57. The molecule has 36 heavy (non-hydrogen) atoms. The molecule has 0 radical (unpaired) electrons. The first-order valence-electron chi connectivity index (χ1n) is 12.2. The zero-order chi connectivity index (χ0) is 25.1. The van der Waals surface area contributed by atoms with Gasteiger partial charge in [-0.25, -0.2) is 0 Å². The van der Waals surface area contributed by atoms with E-state index in [9.17, 15) is 19.8 Å². The summed E-state index contributed by atoms with van der Waals surface area (Å²) in [7, 11) is 0. The van der Waals surface area contributed by atoms with Gasteiger partial charge in [-0.1, -0.05) is 109 Å². The van der Waals surface area contributed by atoms with Crippen LogP contribution in [0.4, 0.5) is 0 Å². The van der Waals surface area contributed by atoms with E-state index in [4.69, 9.17) is 0 Å². The molecule has 4 nitrogen and oxygen atoms in total. The van der Waals surface area contributed by atoms with Crippen molar-refractivity contribution in [1.82, 2.24) is 0 Å². The molecule has 1 aliphatic carbocycles. The largest absolute Gasteiger partial charge is 0.481 e. The molecule has 2 atom stereocenters. The van der Waals surface area contributed by atoms with Crippen molar-refractivity contribution < 1.29 is 19.8 Å². The number of hydrogen-bond acceptors (Lipinski definition) is 2. The van der Waals surface area contributed by atoms with Crippen molar-refractivity contribution in [1.29, 1.82) is 0 Å². The van der Waals surface area contributed by atoms with Crippen LogP contribution in [0.2, 0.25) is 0 Å². The van der Waals surface area contributed by atoms with Gasteiger partial charge in [-0.05, 0) is 52.6 Å². The molecule has 2 unspecified atom stereocenters. The molecule has 0 aliphatic heterocycles. The minimum Gasteiger partial charge on any atom is -0.481 e. The van der Waals surface area contributed by atoms with E-state index in [0.29, 0.717) is 6.42 Å². The summed E-state index contributed by atoms with van der Waals surface area (Å²) in [6.07, 6.45) is 1.08. The lowest BCUT2D eigenvalue weighted by Gasteiger charge is -2.48. The topological polar surface area (TPSA) is 74.6 Å². The Balaban J connectivity index is 1.83. The number of fused-ring (bicyclic) bond motifs is 2. The standard InChI is InChI=1S/C32H28O4/c33-30(34)28(19-22-11-3-1-4-12-22)32(29(31(35)36)20-23-13-5-2-6-14-23)26-17-9-7-15-24(26)21-25-16-8-10-18-27(25)32/h1-18,28-29H,19-21H2,(H,33,34)(H,35,36). The van der Waals surface area contributed by atoms with Gasteiger partial charge in [0.05, 0.1) is 11.8 Å². The Morgan fingerprint density at radius 3 is 1.33 bits per heavy atom. The SMILES string of the molecule is O=C(O)C(Cc1ccccc1)C1(C(Cc2ccccc2)C(=O)O)c2ccccc2Cc2ccccc21. The minimum atomic E-state index is -1.27. The van der Waals surface area contributed by atoms with Gasteiger partial charge in [0.2, 0.25) is 0 Å². The van der Waals surface area contributed by atoms with Gasteiger partial charge in [0.25, 0.3) is 0 Å². The van der Waals surface area contributed by atoms with Crippen LogP contribution in [0.1, 0.15) is 33.4 Å². The van der Waals surface area contributed by atoms with E-state index in [1.165, 1.54) is 0 Å². The zero-order valence-electron chi connectivity index (χ0n) is 19.9. The first-order chi connectivity index (χ1) is 17.5. The van der Waals surface area contributed by atoms with Crippen LogP contribution in [0, 0.1) is 11.8 Å². The van der Waals surface area contributed by atoms with Gasteiger partial charge in [-0.15, -0.1) is 0 Å². The Hall–Kier alpha value is -4.18. The van der Waals surface area contributed by atoms with E-state index in [1.54, 1.807) is 0 Å². The number of benzene rings is 4. The first-order valence-corrected chi connectivity index (χ1v) is 12.2. The van der Waals surface area contributed by atoms with Crippen molar-refractivity contribution in [2.45, 2.75) is 24.7 Å². The molecule has 4 aromatic carbocycles. The van der Waals surface area contributed by atoms with Crippen molar-refractivity contribution in [3.05, 3.63) is 143 Å². The molecule has 0 amide bonds. The van der Waals surface area contributed by atoms with E-state index in [0.717, 1.165) is 33.4 Å². The van der Waals surface area contributed by atoms with Gasteiger partial charge < -0.3 is 10.2 Å². The van der Waals surface area contributed by atoms with Gasteiger partial charge >= 0.3 is 11.9 Å². The van der Waals surface area contributed by atoms with Gasteiger partial charge in [0, 0.05) is 5.41 Å². The fraction of sp³-hybridized carbons (Fsp3) is 0.188. The second-order valence-electron chi connectivity index (χ2n) is 9.52. The van der Waals surface area contributed by atoms with Gasteiger partial charge in [-0.3, -0.25) is 9.59 Å². The number of carboxylic acids is 2. The normalized spacial score (nSPS) is 15.2. The highest BCUT2D eigenvalue weighted by molar-refractivity contribution is 5.82. The average molecular weight is 477 g/mol. The van der Waals surface area contributed by atoms with Crippen LogP contribution in [0.15, 0.2) is 109 Å². The molecule has 0 fully saturated rings. The molecule has 0 spiro atoms. The third-order valence-electron chi connectivity index (χ3n) is 7.57. The van der Waals surface area contributed by atoms with E-state index in [-0.39, 0.29) is 12.8 Å². The van der Waals surface area contributed by atoms with Crippen LogP contribution >= 0.6 is 0 Å². The highest BCUT2D eigenvalue weighted by Gasteiger charge is 2.56. The number of rotatable bonds is 8. The van der Waals surface area contributed by atoms with Crippen molar-refractivity contribution in [2.75, 3.05) is 0 Å². The summed E-state index contributed by atoms with van der Waals surface area (Å²) < 4.78 is 0. The van der Waals surface area contributed by atoms with Crippen LogP contribution in [-0.4, -0.2) is 22.2 Å². The lowest BCUT2D eigenvalue weighted by Crippen LogP contribution is -2.53. The number of hydrogen-bond donors (Lipinski definition) is 2. The molecule has 5 rings (SSSR count).